The van der Waals surface area contributed by atoms with E-state index in [4.69, 9.17) is 9.47 Å². The lowest BCUT2D eigenvalue weighted by Crippen LogP contribution is -2.35. The molecule has 0 N–H and O–H groups in total. The van der Waals surface area contributed by atoms with Crippen LogP contribution in [-0.4, -0.2) is 37.2 Å². The molecule has 1 aliphatic rings. The predicted octanol–water partition coefficient (Wildman–Crippen LogP) is 5.73. The van der Waals surface area contributed by atoms with E-state index in [2.05, 4.69) is 38.1 Å². The normalized spacial score (nSPS) is 23.1. The van der Waals surface area contributed by atoms with Gasteiger partial charge < -0.3 is 9.47 Å². The van der Waals surface area contributed by atoms with E-state index in [1.54, 1.807) is 20.8 Å². The Balaban J connectivity index is 1.62. The molecule has 1 aliphatic heterocycles. The monoisotopic (exact) mass is 424 g/mol. The van der Waals surface area contributed by atoms with Crippen molar-refractivity contribution in [2.24, 2.45) is 0 Å². The van der Waals surface area contributed by atoms with Crippen molar-refractivity contribution >= 4 is 9.84 Å². The van der Waals surface area contributed by atoms with Crippen molar-refractivity contribution in [1.29, 1.82) is 0 Å². The van der Waals surface area contributed by atoms with E-state index in [9.17, 15) is 8.42 Å². The van der Waals surface area contributed by atoms with E-state index in [1.165, 1.54) is 5.56 Å². The molecular weight excluding hydrogens is 384 g/mol. The van der Waals surface area contributed by atoms with Crippen molar-refractivity contribution in [3.8, 4) is 5.75 Å². The Morgan fingerprint density at radius 2 is 1.48 bits per heavy atom. The first-order valence-electron chi connectivity index (χ1n) is 11.2. The van der Waals surface area contributed by atoms with Crippen LogP contribution in [0, 0.1) is 0 Å². The molecule has 1 fully saturated rings. The summed E-state index contributed by atoms with van der Waals surface area (Å²) in [5.41, 5.74) is 1.33. The molecule has 1 aromatic carbocycles. The van der Waals surface area contributed by atoms with Gasteiger partial charge in [-0.2, -0.15) is 0 Å². The minimum absolute atomic E-state index is 0.238. The third-order valence-corrected chi connectivity index (χ3v) is 8.38. The molecule has 0 aromatic heterocycles. The number of hydrogen-bond donors (Lipinski definition) is 0. The highest BCUT2D eigenvalue weighted by atomic mass is 32.2. The highest BCUT2D eigenvalue weighted by Gasteiger charge is 2.28. The fourth-order valence-corrected chi connectivity index (χ4v) is 5.02. The van der Waals surface area contributed by atoms with Gasteiger partial charge in [-0.1, -0.05) is 31.4 Å². The maximum Gasteiger partial charge on any atom is 0.155 e. The molecule has 1 saturated heterocycles. The largest absolute Gasteiger partial charge is 0.490 e. The van der Waals surface area contributed by atoms with Crippen LogP contribution < -0.4 is 4.74 Å². The zero-order valence-electron chi connectivity index (χ0n) is 18.9. The van der Waals surface area contributed by atoms with Gasteiger partial charge in [-0.3, -0.25) is 0 Å². The number of hydrogen-bond acceptors (Lipinski definition) is 4. The van der Waals surface area contributed by atoms with E-state index >= 15 is 0 Å². The second-order valence-corrected chi connectivity index (χ2v) is 12.4. The number of unbranched alkanes of at least 4 members (excludes halogenated alkanes) is 4. The Morgan fingerprint density at radius 3 is 2.07 bits per heavy atom. The van der Waals surface area contributed by atoms with Crippen LogP contribution >= 0.6 is 0 Å². The van der Waals surface area contributed by atoms with Crippen molar-refractivity contribution < 1.29 is 17.9 Å². The van der Waals surface area contributed by atoms with E-state index in [1.807, 2.05) is 0 Å². The minimum Gasteiger partial charge on any atom is -0.490 e. The molecule has 2 unspecified atom stereocenters. The van der Waals surface area contributed by atoms with Gasteiger partial charge in [0.2, 0.25) is 0 Å². The molecule has 0 saturated carbocycles. The van der Waals surface area contributed by atoms with Crippen molar-refractivity contribution in [1.82, 2.24) is 0 Å². The summed E-state index contributed by atoms with van der Waals surface area (Å²) >= 11 is 0. The predicted molar refractivity (Wildman–Crippen MR) is 120 cm³/mol. The summed E-state index contributed by atoms with van der Waals surface area (Å²) in [6.07, 6.45) is 8.86. The molecule has 29 heavy (non-hydrogen) atoms. The number of rotatable bonds is 10. The Kier molecular flexibility index (Phi) is 9.02. The molecule has 0 bridgehead atoms. The summed E-state index contributed by atoms with van der Waals surface area (Å²) < 4.78 is 35.5. The molecule has 166 valence electrons. The van der Waals surface area contributed by atoms with Gasteiger partial charge in [-0.05, 0) is 71.6 Å². The highest BCUT2D eigenvalue weighted by molar-refractivity contribution is 7.92. The van der Waals surface area contributed by atoms with Crippen LogP contribution in [0.2, 0.25) is 0 Å². The summed E-state index contributed by atoms with van der Waals surface area (Å²) in [5.74, 6) is 1.25. The van der Waals surface area contributed by atoms with E-state index in [0.29, 0.717) is 5.75 Å². The van der Waals surface area contributed by atoms with Crippen molar-refractivity contribution in [2.75, 3.05) is 5.75 Å². The Morgan fingerprint density at radius 1 is 0.931 bits per heavy atom. The third-order valence-electron chi connectivity index (χ3n) is 5.69. The van der Waals surface area contributed by atoms with Crippen LogP contribution in [0.1, 0.15) is 85.1 Å². The Hall–Kier alpha value is -1.07. The smallest absolute Gasteiger partial charge is 0.155 e. The number of aryl methyl sites for hydroxylation is 1. The Labute approximate surface area is 178 Å². The van der Waals surface area contributed by atoms with Crippen molar-refractivity contribution in [3.05, 3.63) is 29.8 Å². The van der Waals surface area contributed by atoms with Gasteiger partial charge in [0, 0.05) is 12.8 Å². The lowest BCUT2D eigenvalue weighted by molar-refractivity contribution is -0.0721. The Bertz CT molecular complexity index is 693. The third kappa shape index (κ3) is 8.29. The molecule has 0 aliphatic carbocycles. The standard InChI is InChI=1S/C24H40O4S/c1-19-17-23(18-20(2)27-19)28-22-14-12-21(13-15-22)11-9-7-6-8-10-16-29(25,26)24(3,4)5/h12-15,19-20,23H,6-11,16-18H2,1-5H3. The first kappa shape index (κ1) is 24.2. The van der Waals surface area contributed by atoms with Crippen LogP contribution in [0.25, 0.3) is 0 Å². The summed E-state index contributed by atoms with van der Waals surface area (Å²) in [4.78, 5) is 0. The number of sulfone groups is 1. The van der Waals surface area contributed by atoms with Gasteiger partial charge in [0.1, 0.15) is 11.9 Å². The fraction of sp³-hybridized carbons (Fsp3) is 0.750. The van der Waals surface area contributed by atoms with E-state index in [-0.39, 0.29) is 18.3 Å². The average Bonchev–Trinajstić information content (AvgIpc) is 2.60. The molecule has 0 spiro atoms. The van der Waals surface area contributed by atoms with Gasteiger partial charge in [-0.25, -0.2) is 8.42 Å². The molecule has 4 nitrogen and oxygen atoms in total. The SMILES string of the molecule is CC1CC(Oc2ccc(CCCCCCCS(=O)(=O)C(C)(C)C)cc2)CC(C)O1. The van der Waals surface area contributed by atoms with Crippen LogP contribution in [0.4, 0.5) is 0 Å². The second kappa shape index (κ2) is 10.8. The summed E-state index contributed by atoms with van der Waals surface area (Å²) in [5, 5.41) is 0. The van der Waals surface area contributed by atoms with Gasteiger partial charge >= 0.3 is 0 Å². The first-order valence-corrected chi connectivity index (χ1v) is 12.9. The van der Waals surface area contributed by atoms with Gasteiger partial charge in [0.25, 0.3) is 0 Å². The quantitative estimate of drug-likeness (QED) is 0.450. The maximum atomic E-state index is 12.1. The number of benzene rings is 1. The second-order valence-electron chi connectivity index (χ2n) is 9.56. The van der Waals surface area contributed by atoms with Gasteiger partial charge in [-0.15, -0.1) is 0 Å². The molecule has 2 atom stereocenters. The first-order chi connectivity index (χ1) is 13.6. The van der Waals surface area contributed by atoms with E-state index in [0.717, 1.165) is 57.1 Å². The van der Waals surface area contributed by atoms with E-state index < -0.39 is 14.6 Å². The molecule has 0 amide bonds. The fourth-order valence-electron chi connectivity index (χ4n) is 3.83. The van der Waals surface area contributed by atoms with Crippen LogP contribution in [-0.2, 0) is 21.0 Å². The van der Waals surface area contributed by atoms with Gasteiger partial charge in [0.05, 0.1) is 22.7 Å². The summed E-state index contributed by atoms with van der Waals surface area (Å²) in [7, 11) is -2.97. The molecule has 1 aromatic rings. The molecule has 0 radical (unpaired) electrons. The number of ether oxygens (including phenoxy) is 2. The molecule has 5 heteroatoms. The zero-order chi connectivity index (χ0) is 21.5. The van der Waals surface area contributed by atoms with Crippen LogP contribution in [0.3, 0.4) is 0 Å². The highest BCUT2D eigenvalue weighted by Crippen LogP contribution is 2.25. The van der Waals surface area contributed by atoms with Crippen molar-refractivity contribution in [2.45, 2.75) is 109 Å². The summed E-state index contributed by atoms with van der Waals surface area (Å²) in [6.45, 7) is 9.56. The van der Waals surface area contributed by atoms with Crippen LogP contribution in [0.15, 0.2) is 24.3 Å². The minimum atomic E-state index is -2.97. The lowest BCUT2D eigenvalue weighted by Gasteiger charge is -2.32. The maximum absolute atomic E-state index is 12.1. The zero-order valence-corrected chi connectivity index (χ0v) is 19.8. The molecule has 2 rings (SSSR count). The van der Waals surface area contributed by atoms with Crippen LogP contribution in [0.5, 0.6) is 5.75 Å². The average molecular weight is 425 g/mol. The van der Waals surface area contributed by atoms with Gasteiger partial charge in [0.15, 0.2) is 9.84 Å². The topological polar surface area (TPSA) is 52.6 Å². The lowest BCUT2D eigenvalue weighted by atomic mass is 10.0. The summed E-state index contributed by atoms with van der Waals surface area (Å²) in [6, 6.07) is 8.49. The van der Waals surface area contributed by atoms with Crippen molar-refractivity contribution in [3.63, 3.8) is 0 Å². The molecule has 1 heterocycles. The molecular formula is C24H40O4S.